The summed E-state index contributed by atoms with van der Waals surface area (Å²) in [6.45, 7) is 2.74. The van der Waals surface area contributed by atoms with Crippen molar-refractivity contribution in [1.82, 2.24) is 0 Å². The van der Waals surface area contributed by atoms with Crippen LogP contribution in [0.25, 0.3) is 0 Å². The molecule has 0 bridgehead atoms. The molecule has 0 aromatic heterocycles. The fourth-order valence-corrected chi connectivity index (χ4v) is 2.22. The maximum absolute atomic E-state index is 5.32. The molecule has 2 heteroatoms. The van der Waals surface area contributed by atoms with Gasteiger partial charge in [-0.25, -0.2) is 0 Å². The van der Waals surface area contributed by atoms with E-state index in [9.17, 15) is 0 Å². The highest BCUT2D eigenvalue weighted by Gasteiger charge is 2.12. The predicted molar refractivity (Wildman–Crippen MR) is 71.1 cm³/mol. The summed E-state index contributed by atoms with van der Waals surface area (Å²) in [6, 6.07) is 8.53. The number of hydrogen-bond acceptors (Lipinski definition) is 2. The van der Waals surface area contributed by atoms with Crippen molar-refractivity contribution in [3.05, 3.63) is 35.4 Å². The fourth-order valence-electron chi connectivity index (χ4n) is 2.22. The fraction of sp³-hybridized carbons (Fsp3) is 0.533. The van der Waals surface area contributed by atoms with Gasteiger partial charge in [-0.3, -0.25) is 0 Å². The van der Waals surface area contributed by atoms with Crippen molar-refractivity contribution >= 4 is 6.21 Å². The van der Waals surface area contributed by atoms with Gasteiger partial charge in [0, 0.05) is 6.21 Å². The summed E-state index contributed by atoms with van der Waals surface area (Å²) in [7, 11) is 0. The average Bonchev–Trinajstić information content (AvgIpc) is 2.88. The molecule has 0 unspecified atom stereocenters. The number of aryl methyl sites for hydroxylation is 1. The number of hydrogen-bond donors (Lipinski definition) is 0. The number of nitrogens with zero attached hydrogens (tertiary/aromatic N) is 1. The number of benzene rings is 1. The normalized spacial score (nSPS) is 16.8. The van der Waals surface area contributed by atoms with Gasteiger partial charge in [-0.05, 0) is 36.3 Å². The Balaban J connectivity index is 1.73. The van der Waals surface area contributed by atoms with E-state index in [0.717, 1.165) is 6.42 Å². The van der Waals surface area contributed by atoms with Gasteiger partial charge in [0.1, 0.15) is 6.61 Å². The molecule has 0 amide bonds. The van der Waals surface area contributed by atoms with Gasteiger partial charge in [0.05, 0.1) is 0 Å². The minimum Gasteiger partial charge on any atom is -0.391 e. The van der Waals surface area contributed by atoms with E-state index in [1.807, 2.05) is 6.21 Å². The maximum atomic E-state index is 5.32. The van der Waals surface area contributed by atoms with Gasteiger partial charge >= 0.3 is 0 Å². The lowest BCUT2D eigenvalue weighted by Crippen LogP contribution is -1.95. The summed E-state index contributed by atoms with van der Waals surface area (Å²) in [5.41, 5.74) is 2.55. The van der Waals surface area contributed by atoms with Gasteiger partial charge in [-0.1, -0.05) is 49.2 Å². The molecule has 1 aliphatic carbocycles. The molecule has 1 saturated carbocycles. The van der Waals surface area contributed by atoms with Gasteiger partial charge in [0.25, 0.3) is 0 Å². The first-order valence-electron chi connectivity index (χ1n) is 6.61. The van der Waals surface area contributed by atoms with Crippen molar-refractivity contribution in [3.8, 4) is 0 Å². The Kier molecular flexibility index (Phi) is 4.60. The van der Waals surface area contributed by atoms with Crippen LogP contribution in [0, 0.1) is 5.92 Å². The third-order valence-electron chi connectivity index (χ3n) is 3.41. The lowest BCUT2D eigenvalue weighted by molar-refractivity contribution is 0.130. The highest BCUT2D eigenvalue weighted by Crippen LogP contribution is 2.22. The summed E-state index contributed by atoms with van der Waals surface area (Å²) < 4.78 is 0. The van der Waals surface area contributed by atoms with E-state index < -0.39 is 0 Å². The lowest BCUT2D eigenvalue weighted by atomic mass is 10.1. The van der Waals surface area contributed by atoms with Crippen molar-refractivity contribution < 1.29 is 4.84 Å². The molecule has 0 N–H and O–H groups in total. The molecular formula is C15H21NO. The third kappa shape index (κ3) is 3.88. The smallest absolute Gasteiger partial charge is 0.142 e. The predicted octanol–water partition coefficient (Wildman–Crippen LogP) is 3.94. The highest BCUT2D eigenvalue weighted by molar-refractivity contribution is 5.60. The second kappa shape index (κ2) is 6.43. The van der Waals surface area contributed by atoms with E-state index >= 15 is 0 Å². The molecule has 2 nitrogen and oxygen atoms in total. The van der Waals surface area contributed by atoms with E-state index in [1.165, 1.54) is 36.8 Å². The molecule has 1 aromatic carbocycles. The van der Waals surface area contributed by atoms with Crippen LogP contribution in [0.4, 0.5) is 0 Å². The van der Waals surface area contributed by atoms with E-state index in [-0.39, 0.29) is 0 Å². The second-order valence-electron chi connectivity index (χ2n) is 4.74. The van der Waals surface area contributed by atoms with Crippen molar-refractivity contribution in [1.29, 1.82) is 0 Å². The van der Waals surface area contributed by atoms with E-state index in [4.69, 9.17) is 4.84 Å². The Bertz CT molecular complexity index is 350. The van der Waals surface area contributed by atoms with E-state index in [2.05, 4.69) is 36.3 Å². The molecule has 0 heterocycles. The molecule has 1 fully saturated rings. The molecule has 1 aliphatic rings. The van der Waals surface area contributed by atoms with Crippen molar-refractivity contribution in [3.63, 3.8) is 0 Å². The molecule has 0 spiro atoms. The average molecular weight is 231 g/mol. The van der Waals surface area contributed by atoms with Gasteiger partial charge in [-0.2, -0.15) is 0 Å². The van der Waals surface area contributed by atoms with Crippen molar-refractivity contribution in [2.75, 3.05) is 0 Å². The van der Waals surface area contributed by atoms with Gasteiger partial charge in [0.2, 0.25) is 0 Å². The molecule has 0 atom stereocenters. The second-order valence-corrected chi connectivity index (χ2v) is 4.74. The molecule has 2 rings (SSSR count). The summed E-state index contributed by atoms with van der Waals surface area (Å²) in [5, 5.41) is 4.07. The molecule has 0 radical (unpaired) electrons. The topological polar surface area (TPSA) is 21.6 Å². The Morgan fingerprint density at radius 2 is 1.82 bits per heavy atom. The summed E-state index contributed by atoms with van der Waals surface area (Å²) >= 11 is 0. The Morgan fingerprint density at radius 1 is 1.18 bits per heavy atom. The molecule has 92 valence electrons. The van der Waals surface area contributed by atoms with Crippen LogP contribution in [0.5, 0.6) is 0 Å². The zero-order valence-corrected chi connectivity index (χ0v) is 10.6. The number of rotatable bonds is 5. The quantitative estimate of drug-likeness (QED) is 0.555. The highest BCUT2D eigenvalue weighted by atomic mass is 16.6. The first-order valence-corrected chi connectivity index (χ1v) is 6.61. The van der Waals surface area contributed by atoms with Crippen LogP contribution < -0.4 is 0 Å². The minimum absolute atomic E-state index is 0.577. The zero-order valence-electron chi connectivity index (χ0n) is 10.6. The van der Waals surface area contributed by atoms with Gasteiger partial charge in [0.15, 0.2) is 0 Å². The lowest BCUT2D eigenvalue weighted by Gasteiger charge is -2.03. The maximum Gasteiger partial charge on any atom is 0.142 e. The van der Waals surface area contributed by atoms with Crippen molar-refractivity contribution in [2.24, 2.45) is 11.1 Å². The van der Waals surface area contributed by atoms with Crippen LogP contribution in [0.1, 0.15) is 43.7 Å². The largest absolute Gasteiger partial charge is 0.391 e. The molecular weight excluding hydrogens is 210 g/mol. The number of oxime groups is 1. The van der Waals surface area contributed by atoms with Crippen LogP contribution in [0.3, 0.4) is 0 Å². The monoisotopic (exact) mass is 231 g/mol. The van der Waals surface area contributed by atoms with E-state index in [0.29, 0.717) is 12.5 Å². The Morgan fingerprint density at radius 3 is 2.47 bits per heavy atom. The van der Waals surface area contributed by atoms with Crippen LogP contribution in [0.15, 0.2) is 29.4 Å². The molecule has 0 saturated heterocycles. The summed E-state index contributed by atoms with van der Waals surface area (Å²) in [4.78, 5) is 5.32. The van der Waals surface area contributed by atoms with Gasteiger partial charge < -0.3 is 4.84 Å². The van der Waals surface area contributed by atoms with Crippen LogP contribution in [-0.4, -0.2) is 6.21 Å². The molecule has 0 aliphatic heterocycles. The Hall–Kier alpha value is -1.31. The Labute approximate surface area is 104 Å². The zero-order chi connectivity index (χ0) is 11.9. The molecule has 1 aromatic rings. The standard InChI is InChI=1S/C15H21NO/c1-2-13-7-9-15(10-8-13)12-17-16-11-14-5-3-4-6-14/h7-11,14H,2-6,12H2,1H3. The van der Waals surface area contributed by atoms with Crippen molar-refractivity contribution in [2.45, 2.75) is 45.6 Å². The van der Waals surface area contributed by atoms with Crippen LogP contribution >= 0.6 is 0 Å². The first kappa shape index (κ1) is 12.2. The summed E-state index contributed by atoms with van der Waals surface area (Å²) in [5.74, 6) is 0.650. The first-order chi connectivity index (χ1) is 8.38. The van der Waals surface area contributed by atoms with Crippen LogP contribution in [0.2, 0.25) is 0 Å². The van der Waals surface area contributed by atoms with Gasteiger partial charge in [-0.15, -0.1) is 0 Å². The van der Waals surface area contributed by atoms with E-state index in [1.54, 1.807) is 0 Å². The minimum atomic E-state index is 0.577. The van der Waals surface area contributed by atoms with Crippen LogP contribution in [-0.2, 0) is 17.9 Å². The molecule has 17 heavy (non-hydrogen) atoms. The SMILES string of the molecule is CCc1ccc(CON=CC2CCCC2)cc1. The third-order valence-corrected chi connectivity index (χ3v) is 3.41. The summed E-state index contributed by atoms with van der Waals surface area (Å²) in [6.07, 6.45) is 8.30.